The Hall–Kier alpha value is -3.08. The zero-order valence-corrected chi connectivity index (χ0v) is 18.7. The lowest BCUT2D eigenvalue weighted by atomic mass is 10.1. The molecule has 2 rings (SSSR count). The van der Waals surface area contributed by atoms with Crippen molar-refractivity contribution in [3.05, 3.63) is 52.0 Å². The van der Waals surface area contributed by atoms with E-state index < -0.39 is 41.6 Å². The van der Waals surface area contributed by atoms with E-state index in [-0.39, 0.29) is 29.4 Å². The Bertz CT molecular complexity index is 1030. The summed E-state index contributed by atoms with van der Waals surface area (Å²) in [5.74, 6) is -1.42. The maximum Gasteiger partial charge on any atom is 0.418 e. The molecule has 11 heteroatoms. The first-order valence-electron chi connectivity index (χ1n) is 9.44. The van der Waals surface area contributed by atoms with Crippen molar-refractivity contribution in [2.45, 2.75) is 26.4 Å². The van der Waals surface area contributed by atoms with E-state index in [1.165, 1.54) is 12.1 Å². The summed E-state index contributed by atoms with van der Waals surface area (Å²) in [6.45, 7) is 3.81. The molecule has 32 heavy (non-hydrogen) atoms. The third kappa shape index (κ3) is 7.26. The highest BCUT2D eigenvalue weighted by Crippen LogP contribution is 2.40. The number of alkyl halides is 3. The number of halogens is 4. The zero-order chi connectivity index (χ0) is 24.1. The number of hydrogen-bond donors (Lipinski definition) is 4. The fourth-order valence-electron chi connectivity index (χ4n) is 2.72. The first-order chi connectivity index (χ1) is 14.9. The van der Waals surface area contributed by atoms with E-state index in [2.05, 4.69) is 26.6 Å². The van der Waals surface area contributed by atoms with Crippen molar-refractivity contribution in [3.63, 3.8) is 0 Å². The molecule has 0 fully saturated rings. The number of amides is 2. The van der Waals surface area contributed by atoms with Crippen LogP contribution in [0.2, 0.25) is 0 Å². The standard InChI is InChI=1S/C21H21BrF3N3O4/c1-11(2)10-26-15-8-17(28-20(31)32)16(7-14(15)21(23,24)25)27-19(30)9-18(29)12-4-3-5-13(22)6-12/h3-8,11,26,28H,9-10H2,1-2H3,(H,27,30)(H,31,32). The fourth-order valence-corrected chi connectivity index (χ4v) is 3.12. The van der Waals surface area contributed by atoms with E-state index in [0.29, 0.717) is 10.5 Å². The van der Waals surface area contributed by atoms with Gasteiger partial charge in [-0.1, -0.05) is 41.9 Å². The summed E-state index contributed by atoms with van der Waals surface area (Å²) in [5.41, 5.74) is -1.86. The number of carbonyl (C=O) groups is 3. The van der Waals surface area contributed by atoms with Gasteiger partial charge in [0.15, 0.2) is 5.78 Å². The second-order valence-electron chi connectivity index (χ2n) is 7.30. The Labute approximate surface area is 190 Å². The third-order valence-electron chi connectivity index (χ3n) is 4.15. The molecule has 0 aliphatic carbocycles. The van der Waals surface area contributed by atoms with Gasteiger partial charge in [0.05, 0.1) is 23.4 Å². The molecule has 0 spiro atoms. The van der Waals surface area contributed by atoms with Gasteiger partial charge in [0.25, 0.3) is 0 Å². The average molecular weight is 516 g/mol. The number of rotatable bonds is 8. The van der Waals surface area contributed by atoms with Crippen molar-refractivity contribution in [3.8, 4) is 0 Å². The van der Waals surface area contributed by atoms with Crippen molar-refractivity contribution in [1.82, 2.24) is 0 Å². The van der Waals surface area contributed by atoms with Crippen LogP contribution >= 0.6 is 15.9 Å². The summed E-state index contributed by atoms with van der Waals surface area (Å²) in [6, 6.07) is 7.88. The predicted molar refractivity (Wildman–Crippen MR) is 118 cm³/mol. The molecule has 0 saturated carbocycles. The first-order valence-corrected chi connectivity index (χ1v) is 10.2. The normalized spacial score (nSPS) is 11.2. The minimum atomic E-state index is -4.77. The molecular weight excluding hydrogens is 495 g/mol. The van der Waals surface area contributed by atoms with Crippen molar-refractivity contribution in [2.24, 2.45) is 5.92 Å². The Kier molecular flexibility index (Phi) is 8.25. The Morgan fingerprint density at radius 3 is 2.25 bits per heavy atom. The molecule has 0 aromatic heterocycles. The van der Waals surface area contributed by atoms with Gasteiger partial charge >= 0.3 is 12.3 Å². The number of nitrogens with one attached hydrogen (secondary N) is 3. The molecule has 0 unspecified atom stereocenters. The van der Waals surface area contributed by atoms with Crippen LogP contribution < -0.4 is 16.0 Å². The van der Waals surface area contributed by atoms with Gasteiger partial charge in [-0.05, 0) is 30.2 Å². The number of ketones is 1. The largest absolute Gasteiger partial charge is 0.465 e. The summed E-state index contributed by atoms with van der Waals surface area (Å²) in [4.78, 5) is 35.8. The maximum absolute atomic E-state index is 13.6. The monoisotopic (exact) mass is 515 g/mol. The third-order valence-corrected chi connectivity index (χ3v) is 4.64. The summed E-state index contributed by atoms with van der Waals surface area (Å²) in [6.07, 6.45) is -6.94. The summed E-state index contributed by atoms with van der Waals surface area (Å²) in [7, 11) is 0. The minimum Gasteiger partial charge on any atom is -0.465 e. The van der Waals surface area contributed by atoms with Crippen LogP contribution in [0, 0.1) is 5.92 Å². The van der Waals surface area contributed by atoms with Crippen LogP contribution in [0.5, 0.6) is 0 Å². The smallest absolute Gasteiger partial charge is 0.418 e. The van der Waals surface area contributed by atoms with Gasteiger partial charge in [0, 0.05) is 22.3 Å². The molecule has 2 aromatic carbocycles. The van der Waals surface area contributed by atoms with Gasteiger partial charge in [-0.2, -0.15) is 13.2 Å². The minimum absolute atomic E-state index is 0.0235. The molecule has 2 aromatic rings. The second-order valence-corrected chi connectivity index (χ2v) is 8.22. The van der Waals surface area contributed by atoms with Crippen LogP contribution in [0.15, 0.2) is 40.9 Å². The number of benzene rings is 2. The van der Waals surface area contributed by atoms with Crippen LogP contribution in [0.1, 0.15) is 36.2 Å². The second kappa shape index (κ2) is 10.5. The molecule has 0 aliphatic rings. The Morgan fingerprint density at radius 1 is 1.03 bits per heavy atom. The van der Waals surface area contributed by atoms with Gasteiger partial charge in [0.1, 0.15) is 0 Å². The first kappa shape index (κ1) is 25.2. The van der Waals surface area contributed by atoms with Crippen molar-refractivity contribution in [2.75, 3.05) is 22.5 Å². The molecule has 2 amide bonds. The Morgan fingerprint density at radius 2 is 1.69 bits per heavy atom. The maximum atomic E-state index is 13.6. The van der Waals surface area contributed by atoms with Crippen molar-refractivity contribution < 1.29 is 32.7 Å². The molecule has 0 atom stereocenters. The molecule has 4 N–H and O–H groups in total. The lowest BCUT2D eigenvalue weighted by Gasteiger charge is -2.20. The molecule has 0 bridgehead atoms. The van der Waals surface area contributed by atoms with E-state index >= 15 is 0 Å². The fraction of sp³-hybridized carbons (Fsp3) is 0.286. The van der Waals surface area contributed by atoms with Gasteiger partial charge in [-0.15, -0.1) is 0 Å². The number of Topliss-reactive ketones (excluding diaryl/α,β-unsaturated/α-hetero) is 1. The van der Waals surface area contributed by atoms with Crippen molar-refractivity contribution in [1.29, 1.82) is 0 Å². The topological polar surface area (TPSA) is 108 Å². The van der Waals surface area contributed by atoms with Gasteiger partial charge in [-0.25, -0.2) is 4.79 Å². The van der Waals surface area contributed by atoms with E-state index in [0.717, 1.165) is 6.07 Å². The quantitative estimate of drug-likeness (QED) is 0.261. The summed E-state index contributed by atoms with van der Waals surface area (Å²) < 4.78 is 41.4. The number of carboxylic acid groups (broad SMARTS) is 1. The lowest BCUT2D eigenvalue weighted by molar-refractivity contribution is -0.137. The van der Waals surface area contributed by atoms with E-state index in [9.17, 15) is 27.6 Å². The highest BCUT2D eigenvalue weighted by atomic mass is 79.9. The zero-order valence-electron chi connectivity index (χ0n) is 17.1. The molecular formula is C21H21BrF3N3O4. The summed E-state index contributed by atoms with van der Waals surface area (Å²) in [5, 5.41) is 15.9. The molecule has 0 heterocycles. The van der Waals surface area contributed by atoms with Crippen LogP contribution in [0.25, 0.3) is 0 Å². The lowest BCUT2D eigenvalue weighted by Crippen LogP contribution is -2.21. The number of carbonyl (C=O) groups excluding carboxylic acids is 2. The van der Waals surface area contributed by atoms with E-state index in [1.54, 1.807) is 26.0 Å². The molecule has 7 nitrogen and oxygen atoms in total. The van der Waals surface area contributed by atoms with Gasteiger partial charge in [0.2, 0.25) is 5.91 Å². The van der Waals surface area contributed by atoms with Gasteiger partial charge in [-0.3, -0.25) is 14.9 Å². The molecule has 0 saturated heterocycles. The molecule has 172 valence electrons. The highest BCUT2D eigenvalue weighted by molar-refractivity contribution is 9.10. The van der Waals surface area contributed by atoms with Crippen molar-refractivity contribution >= 4 is 50.8 Å². The van der Waals surface area contributed by atoms with Crippen LogP contribution in [0.4, 0.5) is 35.0 Å². The predicted octanol–water partition coefficient (Wildman–Crippen LogP) is 5.84. The number of anilines is 3. The van der Waals surface area contributed by atoms with E-state index in [1.807, 2.05) is 5.32 Å². The number of hydrogen-bond acceptors (Lipinski definition) is 4. The van der Waals surface area contributed by atoms with Crippen LogP contribution in [0.3, 0.4) is 0 Å². The Balaban J connectivity index is 2.35. The van der Waals surface area contributed by atoms with Gasteiger partial charge < -0.3 is 15.7 Å². The van der Waals surface area contributed by atoms with E-state index in [4.69, 9.17) is 5.11 Å². The highest BCUT2D eigenvalue weighted by Gasteiger charge is 2.35. The average Bonchev–Trinajstić information content (AvgIpc) is 2.66. The molecule has 0 radical (unpaired) electrons. The molecule has 0 aliphatic heterocycles. The SMILES string of the molecule is CC(C)CNc1cc(NC(=O)O)c(NC(=O)CC(=O)c2cccc(Br)c2)cc1C(F)(F)F. The summed E-state index contributed by atoms with van der Waals surface area (Å²) >= 11 is 3.21. The van der Waals surface area contributed by atoms with Crippen LogP contribution in [-0.2, 0) is 11.0 Å². The van der Waals surface area contributed by atoms with Crippen LogP contribution in [-0.4, -0.2) is 29.4 Å².